The maximum Gasteiger partial charge on any atom is 0.162 e. The van der Waals surface area contributed by atoms with E-state index in [1.807, 2.05) is 54.6 Å². The Morgan fingerprint density at radius 2 is 1.58 bits per heavy atom. The van der Waals surface area contributed by atoms with Gasteiger partial charge < -0.3 is 5.32 Å². The Balaban J connectivity index is 1.85. The highest BCUT2D eigenvalue weighted by molar-refractivity contribution is 9.10. The summed E-state index contributed by atoms with van der Waals surface area (Å²) in [6.45, 7) is 0. The van der Waals surface area contributed by atoms with Crippen LogP contribution in [0.5, 0.6) is 0 Å². The highest BCUT2D eigenvalue weighted by Gasteiger charge is 2.11. The fourth-order valence-corrected chi connectivity index (χ4v) is 3.17. The number of nitrogens with one attached hydrogen (secondary N) is 1. The minimum atomic E-state index is 0.475. The third kappa shape index (κ3) is 3.54. The molecule has 0 fully saturated rings. The molecular formula is C20H12BrCl2N3. The molecule has 0 saturated carbocycles. The van der Waals surface area contributed by atoms with Gasteiger partial charge in [-0.3, -0.25) is 0 Å². The van der Waals surface area contributed by atoms with Crippen LogP contribution in [0.2, 0.25) is 10.0 Å². The number of benzene rings is 3. The predicted molar refractivity (Wildman–Crippen MR) is 112 cm³/mol. The van der Waals surface area contributed by atoms with Gasteiger partial charge in [-0.2, -0.15) is 0 Å². The van der Waals surface area contributed by atoms with Crippen molar-refractivity contribution < 1.29 is 0 Å². The van der Waals surface area contributed by atoms with Crippen molar-refractivity contribution in [1.82, 2.24) is 9.97 Å². The number of nitrogens with zero attached hydrogens (tertiary/aromatic N) is 2. The Kier molecular flexibility index (Phi) is 4.81. The molecule has 0 aliphatic rings. The third-order valence-corrected chi connectivity index (χ3v) is 5.16. The van der Waals surface area contributed by atoms with Gasteiger partial charge in [0, 0.05) is 21.1 Å². The summed E-state index contributed by atoms with van der Waals surface area (Å²) in [4.78, 5) is 9.40. The van der Waals surface area contributed by atoms with Crippen molar-refractivity contribution in [2.45, 2.75) is 0 Å². The number of para-hydroxylation sites is 1. The van der Waals surface area contributed by atoms with Gasteiger partial charge in [0.1, 0.15) is 5.82 Å². The molecule has 4 aromatic rings. The number of hydrogen-bond acceptors (Lipinski definition) is 3. The standard InChI is InChI=1S/C20H12BrCl2N3/c21-13-6-8-14(9-7-13)24-20-15-3-1-2-4-18(15)25-19(26-20)12-5-10-16(22)17(23)11-12/h1-11H,(H,24,25,26). The molecule has 26 heavy (non-hydrogen) atoms. The first-order chi connectivity index (χ1) is 12.6. The summed E-state index contributed by atoms with van der Waals surface area (Å²) < 4.78 is 1.02. The smallest absolute Gasteiger partial charge is 0.162 e. The van der Waals surface area contributed by atoms with E-state index in [4.69, 9.17) is 28.2 Å². The van der Waals surface area contributed by atoms with Gasteiger partial charge in [-0.15, -0.1) is 0 Å². The lowest BCUT2D eigenvalue weighted by Gasteiger charge is -2.11. The molecule has 0 aliphatic carbocycles. The fraction of sp³-hybridized carbons (Fsp3) is 0. The van der Waals surface area contributed by atoms with E-state index >= 15 is 0 Å². The van der Waals surface area contributed by atoms with Gasteiger partial charge in [0.25, 0.3) is 0 Å². The zero-order valence-corrected chi connectivity index (χ0v) is 16.5. The van der Waals surface area contributed by atoms with E-state index in [-0.39, 0.29) is 0 Å². The lowest BCUT2D eigenvalue weighted by Crippen LogP contribution is -1.99. The van der Waals surface area contributed by atoms with E-state index in [0.29, 0.717) is 15.9 Å². The van der Waals surface area contributed by atoms with E-state index in [1.54, 1.807) is 12.1 Å². The Morgan fingerprint density at radius 3 is 2.35 bits per heavy atom. The summed E-state index contributed by atoms with van der Waals surface area (Å²) in [7, 11) is 0. The van der Waals surface area contributed by atoms with Gasteiger partial charge in [-0.05, 0) is 54.6 Å². The molecule has 1 N–H and O–H groups in total. The van der Waals surface area contributed by atoms with Crippen molar-refractivity contribution in [3.8, 4) is 11.4 Å². The Bertz CT molecular complexity index is 1100. The SMILES string of the molecule is Clc1ccc(-c2nc(Nc3ccc(Br)cc3)c3ccccc3n2)cc1Cl. The average Bonchev–Trinajstić information content (AvgIpc) is 2.66. The third-order valence-electron chi connectivity index (χ3n) is 3.89. The van der Waals surface area contributed by atoms with Crippen molar-refractivity contribution in [2.75, 3.05) is 5.32 Å². The highest BCUT2D eigenvalue weighted by Crippen LogP contribution is 2.30. The Hall–Kier alpha value is -2.14. The number of fused-ring (bicyclic) bond motifs is 1. The molecule has 6 heteroatoms. The van der Waals surface area contributed by atoms with Gasteiger partial charge in [0.2, 0.25) is 0 Å². The lowest BCUT2D eigenvalue weighted by molar-refractivity contribution is 1.22. The van der Waals surface area contributed by atoms with Crippen molar-refractivity contribution in [1.29, 1.82) is 0 Å². The van der Waals surface area contributed by atoms with Crippen molar-refractivity contribution in [2.24, 2.45) is 0 Å². The van der Waals surface area contributed by atoms with Crippen molar-refractivity contribution in [3.05, 3.63) is 81.2 Å². The zero-order valence-electron chi connectivity index (χ0n) is 13.4. The van der Waals surface area contributed by atoms with E-state index in [1.165, 1.54) is 0 Å². The zero-order chi connectivity index (χ0) is 18.1. The molecule has 3 aromatic carbocycles. The molecule has 0 bridgehead atoms. The van der Waals surface area contributed by atoms with Gasteiger partial charge in [0.15, 0.2) is 5.82 Å². The van der Waals surface area contributed by atoms with E-state index < -0.39 is 0 Å². The number of anilines is 2. The first kappa shape index (κ1) is 17.3. The summed E-state index contributed by atoms with van der Waals surface area (Å²) in [5, 5.41) is 5.30. The normalized spacial score (nSPS) is 10.9. The summed E-state index contributed by atoms with van der Waals surface area (Å²) in [5.41, 5.74) is 2.60. The molecule has 0 amide bonds. The van der Waals surface area contributed by atoms with E-state index in [9.17, 15) is 0 Å². The van der Waals surface area contributed by atoms with Crippen LogP contribution in [0.1, 0.15) is 0 Å². The van der Waals surface area contributed by atoms with Crippen LogP contribution in [0, 0.1) is 0 Å². The first-order valence-electron chi connectivity index (χ1n) is 7.85. The van der Waals surface area contributed by atoms with Gasteiger partial charge in [-0.1, -0.05) is 51.3 Å². The monoisotopic (exact) mass is 443 g/mol. The summed E-state index contributed by atoms with van der Waals surface area (Å²) in [5.74, 6) is 1.32. The lowest BCUT2D eigenvalue weighted by atomic mass is 10.1. The molecule has 1 heterocycles. The quantitative estimate of drug-likeness (QED) is 0.365. The maximum atomic E-state index is 6.16. The molecule has 0 spiro atoms. The molecular weight excluding hydrogens is 433 g/mol. The minimum absolute atomic E-state index is 0.475. The molecule has 3 nitrogen and oxygen atoms in total. The van der Waals surface area contributed by atoms with Crippen LogP contribution in [-0.2, 0) is 0 Å². The van der Waals surface area contributed by atoms with Gasteiger partial charge in [0.05, 0.1) is 15.6 Å². The Labute approximate surface area is 169 Å². The average molecular weight is 445 g/mol. The van der Waals surface area contributed by atoms with Crippen LogP contribution in [0.4, 0.5) is 11.5 Å². The minimum Gasteiger partial charge on any atom is -0.340 e. The molecule has 0 aliphatic heterocycles. The Morgan fingerprint density at radius 1 is 0.808 bits per heavy atom. The summed E-state index contributed by atoms with van der Waals surface area (Å²) in [6.07, 6.45) is 0. The maximum absolute atomic E-state index is 6.16. The second-order valence-electron chi connectivity index (χ2n) is 5.67. The predicted octanol–water partition coefficient (Wildman–Crippen LogP) is 7.11. The molecule has 1 aromatic heterocycles. The highest BCUT2D eigenvalue weighted by atomic mass is 79.9. The fourth-order valence-electron chi connectivity index (χ4n) is 2.61. The van der Waals surface area contributed by atoms with Crippen LogP contribution >= 0.6 is 39.1 Å². The summed E-state index contributed by atoms with van der Waals surface area (Å²) in [6, 6.07) is 21.2. The molecule has 0 unspecified atom stereocenters. The molecule has 0 saturated heterocycles. The molecule has 0 atom stereocenters. The summed E-state index contributed by atoms with van der Waals surface area (Å²) >= 11 is 15.6. The second-order valence-corrected chi connectivity index (χ2v) is 7.40. The van der Waals surface area contributed by atoms with E-state index in [0.717, 1.165) is 32.4 Å². The first-order valence-corrected chi connectivity index (χ1v) is 9.40. The van der Waals surface area contributed by atoms with Crippen LogP contribution in [0.15, 0.2) is 71.2 Å². The van der Waals surface area contributed by atoms with Crippen LogP contribution in [0.3, 0.4) is 0 Å². The largest absolute Gasteiger partial charge is 0.340 e. The van der Waals surface area contributed by atoms with E-state index in [2.05, 4.69) is 26.2 Å². The molecule has 4 rings (SSSR count). The van der Waals surface area contributed by atoms with Crippen LogP contribution in [0.25, 0.3) is 22.3 Å². The van der Waals surface area contributed by atoms with Crippen LogP contribution in [-0.4, -0.2) is 9.97 Å². The van der Waals surface area contributed by atoms with Crippen molar-refractivity contribution >= 4 is 61.5 Å². The number of hydrogen-bond donors (Lipinski definition) is 1. The van der Waals surface area contributed by atoms with Crippen molar-refractivity contribution in [3.63, 3.8) is 0 Å². The number of halogens is 3. The van der Waals surface area contributed by atoms with Gasteiger partial charge >= 0.3 is 0 Å². The second kappa shape index (κ2) is 7.23. The molecule has 0 radical (unpaired) electrons. The number of rotatable bonds is 3. The topological polar surface area (TPSA) is 37.8 Å². The number of aromatic nitrogens is 2. The van der Waals surface area contributed by atoms with Crippen LogP contribution < -0.4 is 5.32 Å². The van der Waals surface area contributed by atoms with Gasteiger partial charge in [-0.25, -0.2) is 9.97 Å². The molecule has 128 valence electrons.